The van der Waals surface area contributed by atoms with E-state index in [-0.39, 0.29) is 5.75 Å². The molecule has 5 nitrogen and oxygen atoms in total. The highest BCUT2D eigenvalue weighted by molar-refractivity contribution is 8.13. The Morgan fingerprint density at radius 3 is 2.80 bits per heavy atom. The minimum atomic E-state index is -3.60. The maximum absolute atomic E-state index is 10.8. The molecule has 0 aromatic carbocycles. The Balaban J connectivity index is 2.48. The van der Waals surface area contributed by atoms with Crippen LogP contribution in [0, 0.1) is 0 Å². The summed E-state index contributed by atoms with van der Waals surface area (Å²) in [7, 11) is 1.51. The molecule has 0 fully saturated rings. The average Bonchev–Trinajstić information content (AvgIpc) is 2.15. The van der Waals surface area contributed by atoms with Gasteiger partial charge in [-0.1, -0.05) is 0 Å². The zero-order valence-corrected chi connectivity index (χ0v) is 9.03. The van der Waals surface area contributed by atoms with Gasteiger partial charge < -0.3 is 0 Å². The Kier molecular flexibility index (Phi) is 2.54. The van der Waals surface area contributed by atoms with Crippen molar-refractivity contribution in [3.63, 3.8) is 0 Å². The maximum Gasteiger partial charge on any atom is 0.238 e. The molecule has 78 valence electrons. The van der Waals surface area contributed by atoms with Crippen LogP contribution in [0.1, 0.15) is 5.69 Å². The van der Waals surface area contributed by atoms with E-state index in [1.54, 1.807) is 12.3 Å². The van der Waals surface area contributed by atoms with Gasteiger partial charge in [0.25, 0.3) is 0 Å². The first kappa shape index (κ1) is 10.3. The number of pyridine rings is 1. The predicted octanol–water partition coefficient (Wildman–Crippen LogP) is 1.09. The predicted molar refractivity (Wildman–Crippen MR) is 55.8 cm³/mol. The Bertz CT molecular complexity index is 600. The Morgan fingerprint density at radius 2 is 2.07 bits per heavy atom. The number of nitrogens with zero attached hydrogens (tertiary/aromatic N) is 3. The van der Waals surface area contributed by atoms with Crippen molar-refractivity contribution >= 4 is 30.8 Å². The molecule has 2 aromatic rings. The molecule has 0 radical (unpaired) electrons. The molecular formula is C8H6ClN3O2S. The van der Waals surface area contributed by atoms with E-state index in [1.807, 2.05) is 0 Å². The lowest BCUT2D eigenvalue weighted by Gasteiger charge is -1.99. The summed E-state index contributed by atoms with van der Waals surface area (Å²) >= 11 is 0. The van der Waals surface area contributed by atoms with Crippen LogP contribution in [0.4, 0.5) is 0 Å². The van der Waals surface area contributed by atoms with Gasteiger partial charge in [-0.3, -0.25) is 9.97 Å². The number of hydrogen-bond donors (Lipinski definition) is 0. The van der Waals surface area contributed by atoms with Crippen molar-refractivity contribution in [1.29, 1.82) is 0 Å². The minimum absolute atomic E-state index is 0.311. The third-order valence-electron chi connectivity index (χ3n) is 1.71. The van der Waals surface area contributed by atoms with E-state index in [9.17, 15) is 8.42 Å². The summed E-state index contributed by atoms with van der Waals surface area (Å²) in [5.74, 6) is -0.327. The Labute approximate surface area is 90.6 Å². The second kappa shape index (κ2) is 3.71. The Hall–Kier alpha value is -1.27. The summed E-state index contributed by atoms with van der Waals surface area (Å²) in [6.45, 7) is 0. The molecule has 0 amide bonds. The lowest BCUT2D eigenvalue weighted by molar-refractivity contribution is 0.608. The fraction of sp³-hybridized carbons (Fsp3) is 0.125. The number of hydrogen-bond acceptors (Lipinski definition) is 5. The van der Waals surface area contributed by atoms with Crippen LogP contribution >= 0.6 is 10.7 Å². The van der Waals surface area contributed by atoms with Crippen LogP contribution in [0.15, 0.2) is 24.7 Å². The van der Waals surface area contributed by atoms with Crippen molar-refractivity contribution in [1.82, 2.24) is 15.0 Å². The van der Waals surface area contributed by atoms with Gasteiger partial charge in [0.15, 0.2) is 0 Å². The summed E-state index contributed by atoms with van der Waals surface area (Å²) in [6.07, 6.45) is 4.50. The molecule has 2 aromatic heterocycles. The molecule has 7 heteroatoms. The molecule has 0 bridgehead atoms. The van der Waals surface area contributed by atoms with Crippen LogP contribution in [-0.2, 0) is 14.8 Å². The number of rotatable bonds is 2. The van der Waals surface area contributed by atoms with E-state index in [4.69, 9.17) is 10.7 Å². The van der Waals surface area contributed by atoms with E-state index in [2.05, 4.69) is 15.0 Å². The summed E-state index contributed by atoms with van der Waals surface area (Å²) < 4.78 is 21.6. The van der Waals surface area contributed by atoms with Crippen molar-refractivity contribution < 1.29 is 8.42 Å². The number of aromatic nitrogens is 3. The molecule has 0 spiro atoms. The lowest BCUT2D eigenvalue weighted by atomic mass is 10.4. The molecule has 0 aliphatic carbocycles. The normalized spacial score (nSPS) is 11.8. The van der Waals surface area contributed by atoms with E-state index < -0.39 is 9.05 Å². The zero-order valence-electron chi connectivity index (χ0n) is 7.46. The van der Waals surface area contributed by atoms with E-state index >= 15 is 0 Å². The number of fused-ring (bicyclic) bond motifs is 1. The summed E-state index contributed by atoms with van der Waals surface area (Å²) in [5, 5.41) is 0. The zero-order chi connectivity index (χ0) is 10.9. The lowest BCUT2D eigenvalue weighted by Crippen LogP contribution is -1.99. The molecular weight excluding hydrogens is 238 g/mol. The first-order valence-electron chi connectivity index (χ1n) is 4.02. The van der Waals surface area contributed by atoms with Crippen LogP contribution in [-0.4, -0.2) is 23.4 Å². The monoisotopic (exact) mass is 243 g/mol. The SMILES string of the molecule is O=S(=O)(Cl)Cc1cnc2ccncc2n1. The molecule has 0 atom stereocenters. The Morgan fingerprint density at radius 1 is 1.27 bits per heavy atom. The third-order valence-corrected chi connectivity index (χ3v) is 2.68. The van der Waals surface area contributed by atoms with Crippen molar-refractivity contribution in [2.45, 2.75) is 5.75 Å². The quantitative estimate of drug-likeness (QED) is 0.739. The van der Waals surface area contributed by atoms with Gasteiger partial charge in [-0.15, -0.1) is 0 Å². The van der Waals surface area contributed by atoms with Crippen molar-refractivity contribution in [3.05, 3.63) is 30.4 Å². The van der Waals surface area contributed by atoms with Crippen LogP contribution in [0.25, 0.3) is 11.0 Å². The second-order valence-corrected chi connectivity index (χ2v) is 5.69. The van der Waals surface area contributed by atoms with Crippen LogP contribution in [0.3, 0.4) is 0 Å². The highest BCUT2D eigenvalue weighted by Gasteiger charge is 2.09. The molecule has 0 saturated heterocycles. The topological polar surface area (TPSA) is 72.8 Å². The van der Waals surface area contributed by atoms with E-state index in [0.717, 1.165) is 0 Å². The minimum Gasteiger partial charge on any atom is -0.262 e. The van der Waals surface area contributed by atoms with Gasteiger partial charge in [0.1, 0.15) is 11.3 Å². The molecule has 0 aliphatic heterocycles. The molecule has 0 saturated carbocycles. The van der Waals surface area contributed by atoms with Gasteiger partial charge >= 0.3 is 0 Å². The highest BCUT2D eigenvalue weighted by atomic mass is 35.7. The van der Waals surface area contributed by atoms with Crippen molar-refractivity contribution in [2.75, 3.05) is 0 Å². The largest absolute Gasteiger partial charge is 0.262 e. The van der Waals surface area contributed by atoms with Crippen molar-refractivity contribution in [2.24, 2.45) is 0 Å². The van der Waals surface area contributed by atoms with Gasteiger partial charge in [0, 0.05) is 16.9 Å². The van der Waals surface area contributed by atoms with Gasteiger partial charge in [0.2, 0.25) is 9.05 Å². The summed E-state index contributed by atoms with van der Waals surface area (Å²) in [5.41, 5.74) is 1.53. The maximum atomic E-state index is 10.8. The fourth-order valence-electron chi connectivity index (χ4n) is 1.15. The molecule has 15 heavy (non-hydrogen) atoms. The second-order valence-electron chi connectivity index (χ2n) is 2.91. The summed E-state index contributed by atoms with van der Waals surface area (Å²) in [6, 6.07) is 1.70. The van der Waals surface area contributed by atoms with Gasteiger partial charge in [-0.05, 0) is 6.07 Å². The average molecular weight is 244 g/mol. The summed E-state index contributed by atoms with van der Waals surface area (Å²) in [4.78, 5) is 12.0. The molecule has 0 aliphatic rings. The van der Waals surface area contributed by atoms with Crippen LogP contribution < -0.4 is 0 Å². The standard InChI is InChI=1S/C8H6ClN3O2S/c9-15(13,14)5-6-3-11-7-1-2-10-4-8(7)12-6/h1-4H,5H2. The first-order chi connectivity index (χ1) is 7.04. The first-order valence-corrected chi connectivity index (χ1v) is 6.50. The number of halogens is 1. The molecule has 0 N–H and O–H groups in total. The smallest absolute Gasteiger partial charge is 0.238 e. The van der Waals surface area contributed by atoms with Gasteiger partial charge in [-0.25, -0.2) is 13.4 Å². The van der Waals surface area contributed by atoms with Crippen LogP contribution in [0.2, 0.25) is 0 Å². The van der Waals surface area contributed by atoms with Gasteiger partial charge in [0.05, 0.1) is 23.6 Å². The molecule has 0 unspecified atom stereocenters. The van der Waals surface area contributed by atoms with Crippen LogP contribution in [0.5, 0.6) is 0 Å². The highest BCUT2D eigenvalue weighted by Crippen LogP contribution is 2.10. The van der Waals surface area contributed by atoms with Gasteiger partial charge in [-0.2, -0.15) is 0 Å². The van der Waals surface area contributed by atoms with E-state index in [1.165, 1.54) is 12.4 Å². The third kappa shape index (κ3) is 2.60. The molecule has 2 heterocycles. The van der Waals surface area contributed by atoms with E-state index in [0.29, 0.717) is 16.7 Å². The molecule has 2 rings (SSSR count). The van der Waals surface area contributed by atoms with Crippen molar-refractivity contribution in [3.8, 4) is 0 Å². The fourth-order valence-corrected chi connectivity index (χ4v) is 1.98.